The SMILES string of the molecule is O=C(Cc1ccc(F)cc1)Nc1nnc(SCC(=O)N2CCCCCC2)s1. The van der Waals surface area contributed by atoms with E-state index in [1.165, 1.54) is 48.1 Å². The van der Waals surface area contributed by atoms with Crippen molar-refractivity contribution in [1.82, 2.24) is 15.1 Å². The molecule has 1 aliphatic heterocycles. The first-order valence-corrected chi connectivity index (χ1v) is 10.7. The monoisotopic (exact) mass is 408 g/mol. The Bertz CT molecular complexity index is 774. The molecule has 1 saturated heterocycles. The molecule has 9 heteroatoms. The van der Waals surface area contributed by atoms with Gasteiger partial charge in [-0.05, 0) is 30.5 Å². The van der Waals surface area contributed by atoms with Crippen LogP contribution in [0.15, 0.2) is 28.6 Å². The van der Waals surface area contributed by atoms with Crippen LogP contribution in [0, 0.1) is 5.82 Å². The fourth-order valence-corrected chi connectivity index (χ4v) is 4.48. The van der Waals surface area contributed by atoms with Crippen molar-refractivity contribution < 1.29 is 14.0 Å². The highest BCUT2D eigenvalue weighted by Gasteiger charge is 2.17. The standard InChI is InChI=1S/C18H21FN4O2S2/c19-14-7-5-13(6-8-14)11-15(24)20-17-21-22-18(27-17)26-12-16(25)23-9-3-1-2-4-10-23/h5-8H,1-4,9-12H2,(H,20,21,24). The summed E-state index contributed by atoms with van der Waals surface area (Å²) in [6.45, 7) is 1.67. The summed E-state index contributed by atoms with van der Waals surface area (Å²) in [5.41, 5.74) is 0.719. The molecular weight excluding hydrogens is 387 g/mol. The number of halogens is 1. The number of likely N-dealkylation sites (tertiary alicyclic amines) is 1. The molecule has 0 bridgehead atoms. The number of amides is 2. The van der Waals surface area contributed by atoms with Crippen molar-refractivity contribution >= 4 is 40.0 Å². The van der Waals surface area contributed by atoms with Crippen molar-refractivity contribution in [3.8, 4) is 0 Å². The van der Waals surface area contributed by atoms with Gasteiger partial charge in [-0.3, -0.25) is 9.59 Å². The number of anilines is 1. The van der Waals surface area contributed by atoms with Crippen molar-refractivity contribution in [2.45, 2.75) is 36.4 Å². The van der Waals surface area contributed by atoms with Crippen LogP contribution in [0.3, 0.4) is 0 Å². The molecule has 6 nitrogen and oxygen atoms in total. The molecule has 0 atom stereocenters. The first-order valence-electron chi connectivity index (χ1n) is 8.88. The number of carbonyl (C=O) groups excluding carboxylic acids is 2. The number of carbonyl (C=O) groups is 2. The predicted molar refractivity (Wildman–Crippen MR) is 104 cm³/mol. The van der Waals surface area contributed by atoms with E-state index in [9.17, 15) is 14.0 Å². The number of aromatic nitrogens is 2. The number of thioether (sulfide) groups is 1. The Kier molecular flexibility index (Phi) is 7.17. The number of nitrogens with one attached hydrogen (secondary N) is 1. The lowest BCUT2D eigenvalue weighted by atomic mass is 10.1. The quantitative estimate of drug-likeness (QED) is 0.586. The van der Waals surface area contributed by atoms with Crippen LogP contribution < -0.4 is 5.32 Å². The van der Waals surface area contributed by atoms with Crippen molar-refractivity contribution in [2.24, 2.45) is 0 Å². The summed E-state index contributed by atoms with van der Waals surface area (Å²) < 4.78 is 13.5. The van der Waals surface area contributed by atoms with E-state index in [4.69, 9.17) is 0 Å². The fourth-order valence-electron chi connectivity index (χ4n) is 2.80. The van der Waals surface area contributed by atoms with Gasteiger partial charge in [0, 0.05) is 13.1 Å². The van der Waals surface area contributed by atoms with E-state index in [0.717, 1.165) is 31.5 Å². The molecule has 2 aromatic rings. The van der Waals surface area contributed by atoms with Crippen LogP contribution in [0.5, 0.6) is 0 Å². The van der Waals surface area contributed by atoms with Gasteiger partial charge in [0.05, 0.1) is 12.2 Å². The maximum Gasteiger partial charge on any atom is 0.233 e. The molecule has 0 radical (unpaired) electrons. The average molecular weight is 409 g/mol. The molecule has 1 fully saturated rings. The highest BCUT2D eigenvalue weighted by atomic mass is 32.2. The first kappa shape index (κ1) is 19.8. The molecule has 0 saturated carbocycles. The second-order valence-corrected chi connectivity index (χ2v) is 8.51. The van der Waals surface area contributed by atoms with E-state index in [-0.39, 0.29) is 24.1 Å². The predicted octanol–water partition coefficient (Wildman–Crippen LogP) is 3.35. The molecular formula is C18H21FN4O2S2. The summed E-state index contributed by atoms with van der Waals surface area (Å²) in [6.07, 6.45) is 4.65. The third kappa shape index (κ3) is 6.28. The highest BCUT2D eigenvalue weighted by molar-refractivity contribution is 8.01. The van der Waals surface area contributed by atoms with E-state index in [1.54, 1.807) is 12.1 Å². The summed E-state index contributed by atoms with van der Waals surface area (Å²) in [5, 5.41) is 11.1. The largest absolute Gasteiger partial charge is 0.342 e. The van der Waals surface area contributed by atoms with Crippen LogP contribution in [-0.2, 0) is 16.0 Å². The van der Waals surface area contributed by atoms with Crippen molar-refractivity contribution in [3.05, 3.63) is 35.6 Å². The Morgan fingerprint density at radius 3 is 2.52 bits per heavy atom. The van der Waals surface area contributed by atoms with E-state index < -0.39 is 0 Å². The van der Waals surface area contributed by atoms with Gasteiger partial charge in [-0.2, -0.15) is 0 Å². The zero-order chi connectivity index (χ0) is 19.1. The topological polar surface area (TPSA) is 75.2 Å². The zero-order valence-corrected chi connectivity index (χ0v) is 16.5. The van der Waals surface area contributed by atoms with Gasteiger partial charge in [-0.25, -0.2) is 4.39 Å². The van der Waals surface area contributed by atoms with Gasteiger partial charge in [0.2, 0.25) is 16.9 Å². The molecule has 1 N–H and O–H groups in total. The lowest BCUT2D eigenvalue weighted by Crippen LogP contribution is -2.33. The number of rotatable bonds is 6. The second-order valence-electron chi connectivity index (χ2n) is 6.31. The lowest BCUT2D eigenvalue weighted by molar-refractivity contribution is -0.128. The molecule has 2 amide bonds. The molecule has 27 heavy (non-hydrogen) atoms. The molecule has 0 aliphatic carbocycles. The summed E-state index contributed by atoms with van der Waals surface area (Å²) in [7, 11) is 0. The summed E-state index contributed by atoms with van der Waals surface area (Å²) in [6, 6.07) is 5.79. The maximum absolute atomic E-state index is 12.9. The van der Waals surface area contributed by atoms with Crippen molar-refractivity contribution in [2.75, 3.05) is 24.2 Å². The smallest absolute Gasteiger partial charge is 0.233 e. The Labute approximate surface area is 165 Å². The molecule has 2 heterocycles. The van der Waals surface area contributed by atoms with Crippen LogP contribution >= 0.6 is 23.1 Å². The molecule has 0 spiro atoms. The third-order valence-corrected chi connectivity index (χ3v) is 6.17. The van der Waals surface area contributed by atoms with Crippen molar-refractivity contribution in [1.29, 1.82) is 0 Å². The lowest BCUT2D eigenvalue weighted by Gasteiger charge is -2.19. The van der Waals surface area contributed by atoms with E-state index in [2.05, 4.69) is 15.5 Å². The molecule has 144 valence electrons. The molecule has 1 aromatic carbocycles. The maximum atomic E-state index is 12.9. The minimum Gasteiger partial charge on any atom is -0.342 e. The molecule has 1 aliphatic rings. The molecule has 1 aromatic heterocycles. The molecule has 3 rings (SSSR count). The van der Waals surface area contributed by atoms with Crippen LogP contribution in [0.4, 0.5) is 9.52 Å². The summed E-state index contributed by atoms with van der Waals surface area (Å²) in [4.78, 5) is 26.3. The minimum atomic E-state index is -0.334. The van der Waals surface area contributed by atoms with Crippen LogP contribution in [0.1, 0.15) is 31.2 Å². The van der Waals surface area contributed by atoms with E-state index >= 15 is 0 Å². The number of hydrogen-bond donors (Lipinski definition) is 1. The zero-order valence-electron chi connectivity index (χ0n) is 14.8. The van der Waals surface area contributed by atoms with Gasteiger partial charge in [0.1, 0.15) is 5.82 Å². The number of nitrogens with zero attached hydrogens (tertiary/aromatic N) is 3. The van der Waals surface area contributed by atoms with Gasteiger partial charge >= 0.3 is 0 Å². The Balaban J connectivity index is 1.45. The van der Waals surface area contributed by atoms with Crippen LogP contribution in [0.2, 0.25) is 0 Å². The highest BCUT2D eigenvalue weighted by Crippen LogP contribution is 2.26. The molecule has 0 unspecified atom stereocenters. The Morgan fingerprint density at radius 2 is 1.81 bits per heavy atom. The van der Waals surface area contributed by atoms with Gasteiger partial charge in [0.15, 0.2) is 4.34 Å². The number of hydrogen-bond acceptors (Lipinski definition) is 6. The van der Waals surface area contributed by atoms with Gasteiger partial charge in [0.25, 0.3) is 0 Å². The Morgan fingerprint density at radius 1 is 1.11 bits per heavy atom. The van der Waals surface area contributed by atoms with Gasteiger partial charge < -0.3 is 10.2 Å². The third-order valence-electron chi connectivity index (χ3n) is 4.21. The van der Waals surface area contributed by atoms with Crippen LogP contribution in [-0.4, -0.2) is 45.8 Å². The van der Waals surface area contributed by atoms with Crippen LogP contribution in [0.25, 0.3) is 0 Å². The fraction of sp³-hybridized carbons (Fsp3) is 0.444. The number of benzene rings is 1. The Hall–Kier alpha value is -2.00. The van der Waals surface area contributed by atoms with E-state index in [1.807, 2.05) is 4.90 Å². The van der Waals surface area contributed by atoms with Crippen molar-refractivity contribution in [3.63, 3.8) is 0 Å². The minimum absolute atomic E-state index is 0.124. The average Bonchev–Trinajstić information content (AvgIpc) is 2.92. The summed E-state index contributed by atoms with van der Waals surface area (Å²) >= 11 is 2.59. The van der Waals surface area contributed by atoms with E-state index in [0.29, 0.717) is 15.2 Å². The normalized spacial score (nSPS) is 14.6. The summed E-state index contributed by atoms with van der Waals surface area (Å²) in [5.74, 6) is -0.119. The first-order chi connectivity index (χ1) is 13.1. The van der Waals surface area contributed by atoms with Gasteiger partial charge in [-0.15, -0.1) is 10.2 Å². The van der Waals surface area contributed by atoms with Gasteiger partial charge in [-0.1, -0.05) is 48.1 Å². The second kappa shape index (κ2) is 9.80.